The van der Waals surface area contributed by atoms with Gasteiger partial charge in [0.1, 0.15) is 5.69 Å². The monoisotopic (exact) mass is 149 g/mol. The average molecular weight is 149 g/mol. The smallest absolute Gasteiger partial charge is 0.229 e. The summed E-state index contributed by atoms with van der Waals surface area (Å²) in [4.78, 5) is 10.2. The van der Waals surface area contributed by atoms with Crippen LogP contribution in [0.1, 0.15) is 12.1 Å². The molecule has 11 heavy (non-hydrogen) atoms. The van der Waals surface area contributed by atoms with Crippen LogP contribution in [-0.4, -0.2) is 16.1 Å². The molecule has 0 aliphatic heterocycles. The number of carbonyl (C=O) groups is 1. The molecule has 3 N–H and O–H groups in total. The number of hydrogen-bond donors (Lipinski definition) is 2. The van der Waals surface area contributed by atoms with Gasteiger partial charge in [-0.05, 0) is 12.0 Å². The van der Waals surface area contributed by atoms with Gasteiger partial charge in [0.15, 0.2) is 0 Å². The Hall–Kier alpha value is -1.76. The summed E-state index contributed by atoms with van der Waals surface area (Å²) >= 11 is 0. The Balaban J connectivity index is 2.52. The molecule has 1 rings (SSSR count). The Morgan fingerprint density at radius 3 is 3.18 bits per heavy atom. The van der Waals surface area contributed by atoms with E-state index in [2.05, 4.69) is 22.0 Å². The molecule has 0 fully saturated rings. The molecule has 0 spiro atoms. The van der Waals surface area contributed by atoms with Crippen molar-refractivity contribution in [2.45, 2.75) is 6.42 Å². The molecule has 0 unspecified atom stereocenters. The molecule has 0 saturated carbocycles. The van der Waals surface area contributed by atoms with Gasteiger partial charge in [-0.3, -0.25) is 9.89 Å². The Bertz CT molecular complexity index is 291. The molecule has 1 aromatic rings. The van der Waals surface area contributed by atoms with E-state index in [1.807, 2.05) is 0 Å². The predicted molar refractivity (Wildman–Crippen MR) is 39.3 cm³/mol. The van der Waals surface area contributed by atoms with Crippen LogP contribution < -0.4 is 5.73 Å². The maximum Gasteiger partial charge on any atom is 0.229 e. The molecule has 0 saturated heterocycles. The maximum atomic E-state index is 10.2. The number of primary amides is 1. The van der Waals surface area contributed by atoms with E-state index in [0.717, 1.165) is 0 Å². The van der Waals surface area contributed by atoms with Crippen LogP contribution in [0.4, 0.5) is 0 Å². The van der Waals surface area contributed by atoms with Crippen LogP contribution in [0.25, 0.3) is 0 Å². The van der Waals surface area contributed by atoms with Gasteiger partial charge in [-0.2, -0.15) is 5.10 Å². The van der Waals surface area contributed by atoms with Gasteiger partial charge in [0.25, 0.3) is 0 Å². The number of nitrogens with one attached hydrogen (secondary N) is 1. The van der Waals surface area contributed by atoms with Crippen LogP contribution >= 0.6 is 0 Å². The highest BCUT2D eigenvalue weighted by Gasteiger charge is 1.86. The SMILES string of the molecule is NC(=O)CC#Cc1ccn[nH]1. The van der Waals surface area contributed by atoms with Gasteiger partial charge in [-0.15, -0.1) is 0 Å². The van der Waals surface area contributed by atoms with E-state index in [0.29, 0.717) is 5.69 Å². The highest BCUT2D eigenvalue weighted by molar-refractivity contribution is 5.76. The van der Waals surface area contributed by atoms with E-state index >= 15 is 0 Å². The molecule has 56 valence electrons. The quantitative estimate of drug-likeness (QED) is 0.535. The molecule has 1 aromatic heterocycles. The normalized spacial score (nSPS) is 8.36. The second-order valence-electron chi connectivity index (χ2n) is 1.92. The minimum absolute atomic E-state index is 0.0824. The van der Waals surface area contributed by atoms with E-state index in [1.54, 1.807) is 12.3 Å². The third-order valence-electron chi connectivity index (χ3n) is 0.986. The minimum Gasteiger partial charge on any atom is -0.369 e. The van der Waals surface area contributed by atoms with Crippen molar-refractivity contribution in [2.24, 2.45) is 5.73 Å². The van der Waals surface area contributed by atoms with Crippen molar-refractivity contribution < 1.29 is 4.79 Å². The number of aromatic amines is 1. The third-order valence-corrected chi connectivity index (χ3v) is 0.986. The van der Waals surface area contributed by atoms with Crippen molar-refractivity contribution in [3.05, 3.63) is 18.0 Å². The topological polar surface area (TPSA) is 71.8 Å². The van der Waals surface area contributed by atoms with Crippen molar-refractivity contribution in [1.29, 1.82) is 0 Å². The van der Waals surface area contributed by atoms with Crippen LogP contribution in [0.5, 0.6) is 0 Å². The molecule has 0 radical (unpaired) electrons. The van der Waals surface area contributed by atoms with Crippen molar-refractivity contribution in [1.82, 2.24) is 10.2 Å². The number of H-pyrrole nitrogens is 1. The van der Waals surface area contributed by atoms with E-state index in [-0.39, 0.29) is 6.42 Å². The predicted octanol–water partition coefficient (Wildman–Crippen LogP) is -0.363. The van der Waals surface area contributed by atoms with E-state index in [1.165, 1.54) is 0 Å². The fourth-order valence-corrected chi connectivity index (χ4v) is 0.552. The first kappa shape index (κ1) is 7.35. The zero-order valence-corrected chi connectivity index (χ0v) is 5.79. The summed E-state index contributed by atoms with van der Waals surface area (Å²) in [5.41, 5.74) is 5.55. The van der Waals surface area contributed by atoms with Gasteiger partial charge in [0.2, 0.25) is 5.91 Å². The fraction of sp³-hybridized carbons (Fsp3) is 0.143. The lowest BCUT2D eigenvalue weighted by Crippen LogP contribution is -2.08. The zero-order chi connectivity index (χ0) is 8.10. The summed E-state index contributed by atoms with van der Waals surface area (Å²) in [5.74, 6) is 4.86. The lowest BCUT2D eigenvalue weighted by molar-refractivity contribution is -0.117. The van der Waals surface area contributed by atoms with Gasteiger partial charge in [0.05, 0.1) is 6.42 Å². The lowest BCUT2D eigenvalue weighted by atomic mass is 10.3. The van der Waals surface area contributed by atoms with E-state index in [9.17, 15) is 4.79 Å². The molecule has 0 bridgehead atoms. The summed E-state index contributed by atoms with van der Waals surface area (Å²) in [5, 5.41) is 6.31. The standard InChI is InChI=1S/C7H7N3O/c8-7(11)3-1-2-6-4-5-9-10-6/h4-5H,3H2,(H2,8,11)(H,9,10). The Kier molecular flexibility index (Phi) is 2.28. The highest BCUT2D eigenvalue weighted by Crippen LogP contribution is 1.86. The molecule has 0 aliphatic rings. The number of carbonyl (C=O) groups excluding carboxylic acids is 1. The fourth-order valence-electron chi connectivity index (χ4n) is 0.552. The third kappa shape index (κ3) is 2.54. The molecule has 0 aromatic carbocycles. The zero-order valence-electron chi connectivity index (χ0n) is 5.79. The molecule has 0 aliphatic carbocycles. The summed E-state index contributed by atoms with van der Waals surface area (Å²) < 4.78 is 0. The number of hydrogen-bond acceptors (Lipinski definition) is 2. The second kappa shape index (κ2) is 3.42. The van der Waals surface area contributed by atoms with Gasteiger partial charge in [0, 0.05) is 6.20 Å². The molecule has 0 atom stereocenters. The van der Waals surface area contributed by atoms with Crippen molar-refractivity contribution in [3.63, 3.8) is 0 Å². The number of nitrogens with zero attached hydrogens (tertiary/aromatic N) is 1. The van der Waals surface area contributed by atoms with E-state index < -0.39 is 5.91 Å². The number of rotatable bonds is 1. The van der Waals surface area contributed by atoms with Gasteiger partial charge >= 0.3 is 0 Å². The van der Waals surface area contributed by atoms with Crippen LogP contribution in [0.3, 0.4) is 0 Å². The maximum absolute atomic E-state index is 10.2. The Morgan fingerprint density at radius 1 is 1.82 bits per heavy atom. The van der Waals surface area contributed by atoms with E-state index in [4.69, 9.17) is 5.73 Å². The minimum atomic E-state index is -0.419. The molecular weight excluding hydrogens is 142 g/mol. The number of nitrogens with two attached hydrogens (primary N) is 1. The summed E-state index contributed by atoms with van der Waals surface area (Å²) in [6.45, 7) is 0. The molecule has 1 amide bonds. The molecule has 4 heteroatoms. The molecule has 4 nitrogen and oxygen atoms in total. The second-order valence-corrected chi connectivity index (χ2v) is 1.92. The highest BCUT2D eigenvalue weighted by atomic mass is 16.1. The first-order valence-electron chi connectivity index (χ1n) is 3.05. The van der Waals surface area contributed by atoms with Crippen LogP contribution in [0.2, 0.25) is 0 Å². The lowest BCUT2D eigenvalue weighted by Gasteiger charge is -1.78. The largest absolute Gasteiger partial charge is 0.369 e. The van der Waals surface area contributed by atoms with Gasteiger partial charge in [-0.1, -0.05) is 5.92 Å². The Labute approximate surface area is 63.8 Å². The first-order valence-corrected chi connectivity index (χ1v) is 3.05. The van der Waals surface area contributed by atoms with Crippen molar-refractivity contribution >= 4 is 5.91 Å². The number of aromatic nitrogens is 2. The first-order chi connectivity index (χ1) is 5.29. The van der Waals surface area contributed by atoms with Crippen LogP contribution in [0, 0.1) is 11.8 Å². The Morgan fingerprint density at radius 2 is 2.64 bits per heavy atom. The molecular formula is C7H7N3O. The summed E-state index contributed by atoms with van der Waals surface area (Å²) in [6, 6.07) is 1.72. The van der Waals surface area contributed by atoms with Crippen LogP contribution in [0.15, 0.2) is 12.3 Å². The van der Waals surface area contributed by atoms with Crippen molar-refractivity contribution in [2.75, 3.05) is 0 Å². The van der Waals surface area contributed by atoms with Gasteiger partial charge in [-0.25, -0.2) is 0 Å². The average Bonchev–Trinajstić information content (AvgIpc) is 2.39. The number of amides is 1. The molecule has 1 heterocycles. The van der Waals surface area contributed by atoms with Crippen LogP contribution in [-0.2, 0) is 4.79 Å². The van der Waals surface area contributed by atoms with Gasteiger partial charge < -0.3 is 5.73 Å². The summed E-state index contributed by atoms with van der Waals surface area (Å²) in [6.07, 6.45) is 1.67. The summed E-state index contributed by atoms with van der Waals surface area (Å²) in [7, 11) is 0. The van der Waals surface area contributed by atoms with Crippen molar-refractivity contribution in [3.8, 4) is 11.8 Å².